The van der Waals surface area contributed by atoms with Gasteiger partial charge in [0.2, 0.25) is 10.0 Å². The topological polar surface area (TPSA) is 57.6 Å². The molecule has 0 aliphatic heterocycles. The van der Waals surface area contributed by atoms with Gasteiger partial charge in [-0.25, -0.2) is 12.7 Å². The lowest BCUT2D eigenvalue weighted by atomic mass is 10.2. The van der Waals surface area contributed by atoms with Crippen molar-refractivity contribution in [2.24, 2.45) is 0 Å². The number of aliphatic hydroxyl groups is 1. The first-order valence-corrected chi connectivity index (χ1v) is 6.84. The van der Waals surface area contributed by atoms with Crippen LogP contribution in [-0.2, 0) is 22.4 Å². The van der Waals surface area contributed by atoms with Crippen LogP contribution in [0.1, 0.15) is 11.1 Å². The van der Waals surface area contributed by atoms with E-state index in [4.69, 9.17) is 5.11 Å². The lowest BCUT2D eigenvalue weighted by Crippen LogP contribution is -2.28. The lowest BCUT2D eigenvalue weighted by molar-refractivity contribution is 0.282. The molecule has 4 nitrogen and oxygen atoms in total. The molecular formula is C12H17NO3S. The summed E-state index contributed by atoms with van der Waals surface area (Å²) >= 11 is 0. The maximum Gasteiger partial charge on any atom is 0.218 e. The summed E-state index contributed by atoms with van der Waals surface area (Å²) in [4.78, 5) is 0. The summed E-state index contributed by atoms with van der Waals surface area (Å²) in [6.45, 7) is 3.77. The van der Waals surface area contributed by atoms with Crippen molar-refractivity contribution in [3.8, 4) is 0 Å². The largest absolute Gasteiger partial charge is 0.392 e. The van der Waals surface area contributed by atoms with Gasteiger partial charge in [0, 0.05) is 13.6 Å². The van der Waals surface area contributed by atoms with E-state index in [1.807, 2.05) is 0 Å². The SMILES string of the molecule is C=CCN(C)S(=O)(=O)Cc1ccc(CO)cc1. The van der Waals surface area contributed by atoms with Crippen molar-refractivity contribution in [3.05, 3.63) is 48.0 Å². The van der Waals surface area contributed by atoms with E-state index in [1.54, 1.807) is 30.3 Å². The average molecular weight is 255 g/mol. The standard InChI is InChI=1S/C12H17NO3S/c1-3-8-13(2)17(15,16)10-12-6-4-11(9-14)5-7-12/h3-7,14H,1,8-10H2,2H3. The Hall–Kier alpha value is -1.17. The Morgan fingerprint density at radius 3 is 2.29 bits per heavy atom. The third-order valence-corrected chi connectivity index (χ3v) is 4.21. The van der Waals surface area contributed by atoms with Gasteiger partial charge in [0.05, 0.1) is 12.4 Å². The first-order chi connectivity index (χ1) is 7.99. The number of hydrogen-bond acceptors (Lipinski definition) is 3. The second-order valence-electron chi connectivity index (χ2n) is 3.80. The van der Waals surface area contributed by atoms with E-state index in [2.05, 4.69) is 6.58 Å². The molecule has 0 heterocycles. The van der Waals surface area contributed by atoms with Gasteiger partial charge in [-0.15, -0.1) is 6.58 Å². The second-order valence-corrected chi connectivity index (χ2v) is 5.88. The molecule has 1 aromatic carbocycles. The molecule has 5 heteroatoms. The lowest BCUT2D eigenvalue weighted by Gasteiger charge is -2.15. The van der Waals surface area contributed by atoms with Gasteiger partial charge in [0.15, 0.2) is 0 Å². The zero-order valence-electron chi connectivity index (χ0n) is 9.83. The summed E-state index contributed by atoms with van der Waals surface area (Å²) in [5.41, 5.74) is 1.48. The molecule has 0 saturated heterocycles. The van der Waals surface area contributed by atoms with Crippen molar-refractivity contribution in [3.63, 3.8) is 0 Å². The van der Waals surface area contributed by atoms with E-state index in [-0.39, 0.29) is 12.4 Å². The van der Waals surface area contributed by atoms with Crippen molar-refractivity contribution in [1.29, 1.82) is 0 Å². The molecule has 1 rings (SSSR count). The highest BCUT2D eigenvalue weighted by Crippen LogP contribution is 2.11. The normalized spacial score (nSPS) is 11.7. The van der Waals surface area contributed by atoms with E-state index >= 15 is 0 Å². The van der Waals surface area contributed by atoms with Crippen LogP contribution in [0.15, 0.2) is 36.9 Å². The highest BCUT2D eigenvalue weighted by molar-refractivity contribution is 7.88. The molecule has 0 amide bonds. The van der Waals surface area contributed by atoms with Crippen LogP contribution in [-0.4, -0.2) is 31.4 Å². The number of rotatable bonds is 6. The molecule has 0 unspecified atom stereocenters. The summed E-state index contributed by atoms with van der Waals surface area (Å²) in [5, 5.41) is 8.88. The summed E-state index contributed by atoms with van der Waals surface area (Å²) in [5.74, 6) is -0.0386. The molecule has 1 N–H and O–H groups in total. The monoisotopic (exact) mass is 255 g/mol. The van der Waals surface area contributed by atoms with Crippen molar-refractivity contribution >= 4 is 10.0 Å². The maximum atomic E-state index is 11.9. The van der Waals surface area contributed by atoms with Crippen LogP contribution >= 0.6 is 0 Å². The summed E-state index contributed by atoms with van der Waals surface area (Å²) in [6, 6.07) is 6.87. The van der Waals surface area contributed by atoms with E-state index in [9.17, 15) is 8.42 Å². The van der Waals surface area contributed by atoms with Crippen molar-refractivity contribution in [2.75, 3.05) is 13.6 Å². The Kier molecular flexibility index (Phi) is 4.86. The first-order valence-electron chi connectivity index (χ1n) is 5.23. The highest BCUT2D eigenvalue weighted by Gasteiger charge is 2.16. The van der Waals surface area contributed by atoms with Crippen molar-refractivity contribution in [1.82, 2.24) is 4.31 Å². The molecule has 1 aromatic rings. The minimum Gasteiger partial charge on any atom is -0.392 e. The van der Waals surface area contributed by atoms with Gasteiger partial charge >= 0.3 is 0 Å². The smallest absolute Gasteiger partial charge is 0.218 e. The predicted molar refractivity (Wildman–Crippen MR) is 67.8 cm³/mol. The molecule has 0 aromatic heterocycles. The zero-order chi connectivity index (χ0) is 12.9. The fourth-order valence-electron chi connectivity index (χ4n) is 1.36. The molecule has 0 radical (unpaired) electrons. The maximum absolute atomic E-state index is 11.9. The number of hydrogen-bond donors (Lipinski definition) is 1. The number of sulfonamides is 1. The second kappa shape index (κ2) is 5.95. The van der Waals surface area contributed by atoms with Gasteiger partial charge in [-0.05, 0) is 11.1 Å². The van der Waals surface area contributed by atoms with Gasteiger partial charge in [-0.2, -0.15) is 0 Å². The molecular weight excluding hydrogens is 238 g/mol. The van der Waals surface area contributed by atoms with E-state index in [1.165, 1.54) is 11.4 Å². The van der Waals surface area contributed by atoms with Crippen LogP contribution < -0.4 is 0 Å². The molecule has 0 spiro atoms. The van der Waals surface area contributed by atoms with Gasteiger partial charge < -0.3 is 5.11 Å². The van der Waals surface area contributed by atoms with Crippen LogP contribution in [0.5, 0.6) is 0 Å². The molecule has 0 saturated carbocycles. The zero-order valence-corrected chi connectivity index (χ0v) is 10.7. The van der Waals surface area contributed by atoms with Crippen LogP contribution in [0.25, 0.3) is 0 Å². The number of nitrogens with zero attached hydrogens (tertiary/aromatic N) is 1. The predicted octanol–water partition coefficient (Wildman–Crippen LogP) is 1.13. The fraction of sp³-hybridized carbons (Fsp3) is 0.333. The van der Waals surface area contributed by atoms with Crippen molar-refractivity contribution < 1.29 is 13.5 Å². The Balaban J connectivity index is 2.79. The summed E-state index contributed by atoms with van der Waals surface area (Å²) in [7, 11) is -1.77. The quantitative estimate of drug-likeness (QED) is 0.775. The van der Waals surface area contributed by atoms with E-state index in [0.717, 1.165) is 5.56 Å². The number of benzene rings is 1. The minimum atomic E-state index is -3.30. The van der Waals surface area contributed by atoms with Gasteiger partial charge in [-0.1, -0.05) is 30.3 Å². The summed E-state index contributed by atoms with van der Waals surface area (Å²) in [6.07, 6.45) is 1.55. The van der Waals surface area contributed by atoms with Gasteiger partial charge in [0.1, 0.15) is 0 Å². The van der Waals surface area contributed by atoms with Gasteiger partial charge in [0.25, 0.3) is 0 Å². The van der Waals surface area contributed by atoms with Crippen LogP contribution in [0.4, 0.5) is 0 Å². The molecule has 0 atom stereocenters. The Bertz CT molecular complexity index is 465. The third kappa shape index (κ3) is 3.96. The van der Waals surface area contributed by atoms with Crippen molar-refractivity contribution in [2.45, 2.75) is 12.4 Å². The summed E-state index contributed by atoms with van der Waals surface area (Å²) < 4.78 is 25.0. The average Bonchev–Trinajstić information content (AvgIpc) is 2.30. The number of likely N-dealkylation sites (N-methyl/N-ethyl adjacent to an activating group) is 1. The molecule has 0 fully saturated rings. The fourth-order valence-corrected chi connectivity index (χ4v) is 2.52. The van der Waals surface area contributed by atoms with Crippen LogP contribution in [0.2, 0.25) is 0 Å². The Morgan fingerprint density at radius 2 is 1.82 bits per heavy atom. The molecule has 0 aliphatic carbocycles. The van der Waals surface area contributed by atoms with E-state index in [0.29, 0.717) is 12.1 Å². The van der Waals surface area contributed by atoms with Crippen LogP contribution in [0, 0.1) is 0 Å². The highest BCUT2D eigenvalue weighted by atomic mass is 32.2. The Labute approximate surface area is 102 Å². The van der Waals surface area contributed by atoms with Gasteiger partial charge in [-0.3, -0.25) is 0 Å². The van der Waals surface area contributed by atoms with E-state index < -0.39 is 10.0 Å². The molecule has 0 aliphatic rings. The first kappa shape index (κ1) is 13.9. The third-order valence-electron chi connectivity index (χ3n) is 2.42. The molecule has 0 bridgehead atoms. The molecule has 17 heavy (non-hydrogen) atoms. The number of aliphatic hydroxyl groups excluding tert-OH is 1. The Morgan fingerprint density at radius 1 is 1.29 bits per heavy atom. The van der Waals surface area contributed by atoms with Crippen LogP contribution in [0.3, 0.4) is 0 Å². The molecule has 94 valence electrons. The minimum absolute atomic E-state index is 0.0383.